The van der Waals surface area contributed by atoms with Crippen LogP contribution in [0.25, 0.3) is 0 Å². The molecule has 0 aliphatic heterocycles. The number of hydrogen-bond acceptors (Lipinski definition) is 3. The molecule has 2 bridgehead atoms. The van der Waals surface area contributed by atoms with Gasteiger partial charge in [0.15, 0.2) is 6.29 Å². The van der Waals surface area contributed by atoms with Crippen molar-refractivity contribution in [3.05, 3.63) is 0 Å². The molecule has 2 aliphatic rings. The normalized spacial score (nSPS) is 46.0. The minimum Gasteiger partial charge on any atom is -0.394 e. The third-order valence-electron chi connectivity index (χ3n) is 4.69. The zero-order valence-electron chi connectivity index (χ0n) is 9.60. The monoisotopic (exact) mass is 214 g/mol. The van der Waals surface area contributed by atoms with E-state index in [2.05, 4.69) is 13.8 Å². The first kappa shape index (κ1) is 11.4. The van der Waals surface area contributed by atoms with E-state index in [1.54, 1.807) is 0 Å². The Balaban J connectivity index is 1.91. The fourth-order valence-electron chi connectivity index (χ4n) is 3.62. The Morgan fingerprint density at radius 1 is 1.27 bits per heavy atom. The molecule has 0 aromatic heterocycles. The maximum absolute atomic E-state index is 9.87. The van der Waals surface area contributed by atoms with Gasteiger partial charge in [0.1, 0.15) is 0 Å². The number of aliphatic hydroxyl groups excluding tert-OH is 2. The topological polar surface area (TPSA) is 49.7 Å². The lowest BCUT2D eigenvalue weighted by molar-refractivity contribution is -0.156. The molecule has 3 heteroatoms. The first-order valence-corrected chi connectivity index (χ1v) is 6.05. The Labute approximate surface area is 91.4 Å². The third kappa shape index (κ3) is 1.93. The van der Waals surface area contributed by atoms with Gasteiger partial charge in [-0.3, -0.25) is 0 Å². The summed E-state index contributed by atoms with van der Waals surface area (Å²) in [5.41, 5.74) is 0. The zero-order valence-corrected chi connectivity index (χ0v) is 9.60. The molecule has 3 nitrogen and oxygen atoms in total. The van der Waals surface area contributed by atoms with Gasteiger partial charge >= 0.3 is 0 Å². The van der Waals surface area contributed by atoms with Crippen molar-refractivity contribution in [1.82, 2.24) is 0 Å². The summed E-state index contributed by atoms with van der Waals surface area (Å²) in [6.45, 7) is 4.86. The Morgan fingerprint density at radius 2 is 2.00 bits per heavy atom. The van der Waals surface area contributed by atoms with Crippen molar-refractivity contribution < 1.29 is 14.9 Å². The van der Waals surface area contributed by atoms with Crippen molar-refractivity contribution in [3.63, 3.8) is 0 Å². The molecule has 88 valence electrons. The van der Waals surface area contributed by atoms with Crippen LogP contribution in [-0.4, -0.2) is 29.7 Å². The maximum Gasteiger partial charge on any atom is 0.157 e. The molecule has 6 atom stereocenters. The minimum atomic E-state index is -0.665. The van der Waals surface area contributed by atoms with Gasteiger partial charge in [-0.2, -0.15) is 0 Å². The van der Waals surface area contributed by atoms with Gasteiger partial charge in [-0.25, -0.2) is 0 Å². The Kier molecular flexibility index (Phi) is 3.33. The lowest BCUT2D eigenvalue weighted by Gasteiger charge is -2.34. The Morgan fingerprint density at radius 3 is 2.53 bits per heavy atom. The average molecular weight is 214 g/mol. The van der Waals surface area contributed by atoms with Crippen molar-refractivity contribution in [2.45, 2.75) is 33.0 Å². The van der Waals surface area contributed by atoms with Gasteiger partial charge in [0, 0.05) is 5.92 Å². The lowest BCUT2D eigenvalue weighted by atomic mass is 9.75. The van der Waals surface area contributed by atoms with Crippen molar-refractivity contribution in [2.24, 2.45) is 29.6 Å². The summed E-state index contributed by atoms with van der Waals surface area (Å²) in [4.78, 5) is 0. The summed E-state index contributed by atoms with van der Waals surface area (Å²) in [5, 5.41) is 18.5. The second-order valence-electron chi connectivity index (χ2n) is 5.26. The van der Waals surface area contributed by atoms with Crippen molar-refractivity contribution in [2.75, 3.05) is 13.2 Å². The van der Waals surface area contributed by atoms with E-state index in [0.29, 0.717) is 17.8 Å². The molecule has 2 rings (SSSR count). The van der Waals surface area contributed by atoms with Gasteiger partial charge in [0.25, 0.3) is 0 Å². The van der Waals surface area contributed by atoms with Crippen LogP contribution in [0, 0.1) is 29.6 Å². The van der Waals surface area contributed by atoms with Crippen LogP contribution in [0.4, 0.5) is 0 Å². The predicted molar refractivity (Wildman–Crippen MR) is 57.1 cm³/mol. The second-order valence-corrected chi connectivity index (χ2v) is 5.26. The smallest absolute Gasteiger partial charge is 0.157 e. The number of ether oxygens (including phenoxy) is 1. The molecule has 2 fully saturated rings. The van der Waals surface area contributed by atoms with Gasteiger partial charge in [0.05, 0.1) is 13.2 Å². The Bertz CT molecular complexity index is 217. The Hall–Kier alpha value is -0.120. The molecule has 0 amide bonds. The molecule has 6 unspecified atom stereocenters. The highest BCUT2D eigenvalue weighted by Gasteiger charge is 2.50. The van der Waals surface area contributed by atoms with Crippen LogP contribution < -0.4 is 0 Å². The van der Waals surface area contributed by atoms with Crippen molar-refractivity contribution >= 4 is 0 Å². The summed E-state index contributed by atoms with van der Waals surface area (Å²) < 4.78 is 5.22. The third-order valence-corrected chi connectivity index (χ3v) is 4.69. The zero-order chi connectivity index (χ0) is 11.0. The highest BCUT2D eigenvalue weighted by atomic mass is 16.6. The number of hydrogen-bond donors (Lipinski definition) is 2. The molecule has 0 radical (unpaired) electrons. The molecule has 0 heterocycles. The predicted octanol–water partition coefficient (Wildman–Crippen LogP) is 1.24. The first-order chi connectivity index (χ1) is 7.15. The van der Waals surface area contributed by atoms with Gasteiger partial charge in [-0.15, -0.1) is 0 Å². The molecule has 0 aromatic rings. The quantitative estimate of drug-likeness (QED) is 0.692. The minimum absolute atomic E-state index is 0.0101. The van der Waals surface area contributed by atoms with Crippen LogP contribution in [0.3, 0.4) is 0 Å². The number of rotatable bonds is 4. The largest absolute Gasteiger partial charge is 0.394 e. The van der Waals surface area contributed by atoms with Crippen LogP contribution in [0.1, 0.15) is 26.7 Å². The van der Waals surface area contributed by atoms with E-state index in [1.807, 2.05) is 0 Å². The average Bonchev–Trinajstić information content (AvgIpc) is 2.77. The molecule has 15 heavy (non-hydrogen) atoms. The standard InChI is InChI=1S/C12H22O3/c1-7-8(2)10-5-9(7)6-11(10)12(14)15-4-3-13/h7-14H,3-6H2,1-2H3. The summed E-state index contributed by atoms with van der Waals surface area (Å²) in [7, 11) is 0. The van der Waals surface area contributed by atoms with Gasteiger partial charge in [-0.1, -0.05) is 13.8 Å². The summed E-state index contributed by atoms with van der Waals surface area (Å²) >= 11 is 0. The van der Waals surface area contributed by atoms with Crippen LogP contribution in [0.15, 0.2) is 0 Å². The van der Waals surface area contributed by atoms with E-state index in [-0.39, 0.29) is 13.2 Å². The van der Waals surface area contributed by atoms with E-state index >= 15 is 0 Å². The number of aliphatic hydroxyl groups is 2. The summed E-state index contributed by atoms with van der Waals surface area (Å²) in [6, 6.07) is 0. The van der Waals surface area contributed by atoms with Crippen LogP contribution in [0.5, 0.6) is 0 Å². The summed E-state index contributed by atoms with van der Waals surface area (Å²) in [6.07, 6.45) is 1.69. The molecule has 2 aliphatic carbocycles. The molecule has 2 N–H and O–H groups in total. The molecular weight excluding hydrogens is 192 g/mol. The molecule has 0 spiro atoms. The highest BCUT2D eigenvalue weighted by Crippen LogP contribution is 2.55. The number of fused-ring (bicyclic) bond motifs is 2. The van der Waals surface area contributed by atoms with Gasteiger partial charge in [-0.05, 0) is 36.5 Å². The van der Waals surface area contributed by atoms with E-state index < -0.39 is 6.29 Å². The SMILES string of the molecule is CC1C2CC(C(O)OCCO)C(C2)C1C. The van der Waals surface area contributed by atoms with Crippen molar-refractivity contribution in [1.29, 1.82) is 0 Å². The van der Waals surface area contributed by atoms with E-state index in [9.17, 15) is 5.11 Å². The molecular formula is C12H22O3. The fourth-order valence-corrected chi connectivity index (χ4v) is 3.62. The second kappa shape index (κ2) is 4.40. The van der Waals surface area contributed by atoms with E-state index in [1.165, 1.54) is 6.42 Å². The molecule has 0 saturated heterocycles. The van der Waals surface area contributed by atoms with E-state index in [4.69, 9.17) is 9.84 Å². The summed E-state index contributed by atoms with van der Waals surface area (Å²) in [5.74, 6) is 3.21. The molecule has 0 aromatic carbocycles. The van der Waals surface area contributed by atoms with Crippen LogP contribution in [0.2, 0.25) is 0 Å². The van der Waals surface area contributed by atoms with Crippen LogP contribution >= 0.6 is 0 Å². The van der Waals surface area contributed by atoms with Crippen LogP contribution in [-0.2, 0) is 4.74 Å². The maximum atomic E-state index is 9.87. The van der Waals surface area contributed by atoms with Gasteiger partial charge < -0.3 is 14.9 Å². The molecule has 2 saturated carbocycles. The fraction of sp³-hybridized carbons (Fsp3) is 1.00. The first-order valence-electron chi connectivity index (χ1n) is 6.05. The lowest BCUT2D eigenvalue weighted by Crippen LogP contribution is -2.34. The van der Waals surface area contributed by atoms with Gasteiger partial charge in [0.2, 0.25) is 0 Å². The van der Waals surface area contributed by atoms with Crippen molar-refractivity contribution in [3.8, 4) is 0 Å². The van der Waals surface area contributed by atoms with E-state index in [0.717, 1.165) is 18.3 Å². The highest BCUT2D eigenvalue weighted by molar-refractivity contribution is 4.98.